The highest BCUT2D eigenvalue weighted by Gasteiger charge is 2.11. The van der Waals surface area contributed by atoms with E-state index in [0.29, 0.717) is 26.1 Å². The highest BCUT2D eigenvalue weighted by atomic mass is 16.6. The molecule has 0 aliphatic heterocycles. The summed E-state index contributed by atoms with van der Waals surface area (Å²) in [5.74, 6) is 0.778. The number of ether oxygens (including phenoxy) is 1. The second-order valence-corrected chi connectivity index (χ2v) is 6.51. The molecule has 0 aromatic heterocycles. The van der Waals surface area contributed by atoms with Crippen LogP contribution in [0.1, 0.15) is 12.5 Å². The summed E-state index contributed by atoms with van der Waals surface area (Å²) in [5, 5.41) is 12.9. The van der Waals surface area contributed by atoms with E-state index in [0.717, 1.165) is 22.1 Å². The van der Waals surface area contributed by atoms with E-state index in [1.54, 1.807) is 17.0 Å². The van der Waals surface area contributed by atoms with Crippen molar-refractivity contribution in [1.29, 1.82) is 0 Å². The number of non-ortho nitro benzene ring substituents is 1. The molecule has 0 aliphatic carbocycles. The molecule has 0 bridgehead atoms. The molecule has 0 saturated carbocycles. The number of nitro groups is 1. The van der Waals surface area contributed by atoms with Crippen molar-refractivity contribution in [3.8, 4) is 5.75 Å². The van der Waals surface area contributed by atoms with Crippen molar-refractivity contribution in [3.05, 3.63) is 82.4 Å². The predicted molar refractivity (Wildman–Crippen MR) is 108 cm³/mol. The number of benzene rings is 3. The Morgan fingerprint density at radius 2 is 1.71 bits per heavy atom. The molecule has 28 heavy (non-hydrogen) atoms. The first-order chi connectivity index (χ1) is 13.5. The number of hydrogen-bond acceptors (Lipinski definition) is 4. The summed E-state index contributed by atoms with van der Waals surface area (Å²) in [7, 11) is 0. The van der Waals surface area contributed by atoms with E-state index in [1.807, 2.05) is 42.5 Å². The summed E-state index contributed by atoms with van der Waals surface area (Å²) in [4.78, 5) is 24.0. The Morgan fingerprint density at radius 3 is 2.43 bits per heavy atom. The van der Waals surface area contributed by atoms with Crippen LogP contribution in [0.4, 0.5) is 5.69 Å². The van der Waals surface area contributed by atoms with Crippen molar-refractivity contribution in [2.75, 3.05) is 19.7 Å². The standard InChI is InChI=1S/C22H22N2O4/c1-17(25)23(14-13-18-9-11-20(12-10-18)24(26)27)15-16-28-22-8-4-6-19-5-2-3-7-21(19)22/h2-12H,13-16H2,1H3. The van der Waals surface area contributed by atoms with Gasteiger partial charge >= 0.3 is 0 Å². The number of fused-ring (bicyclic) bond motifs is 1. The summed E-state index contributed by atoms with van der Waals surface area (Å²) >= 11 is 0. The predicted octanol–water partition coefficient (Wildman–Crippen LogP) is 4.22. The summed E-state index contributed by atoms with van der Waals surface area (Å²) in [6.07, 6.45) is 0.631. The van der Waals surface area contributed by atoms with Crippen LogP contribution in [0, 0.1) is 10.1 Å². The molecule has 6 nitrogen and oxygen atoms in total. The lowest BCUT2D eigenvalue weighted by atomic mass is 10.1. The van der Waals surface area contributed by atoms with Gasteiger partial charge in [-0.25, -0.2) is 0 Å². The summed E-state index contributed by atoms with van der Waals surface area (Å²) < 4.78 is 5.93. The molecule has 0 heterocycles. The minimum Gasteiger partial charge on any atom is -0.491 e. The molecule has 0 aliphatic rings. The van der Waals surface area contributed by atoms with Crippen LogP contribution in [0.2, 0.25) is 0 Å². The SMILES string of the molecule is CC(=O)N(CCOc1cccc2ccccc12)CCc1ccc([N+](=O)[O-])cc1. The van der Waals surface area contributed by atoms with Gasteiger partial charge in [-0.1, -0.05) is 48.5 Å². The molecule has 3 aromatic carbocycles. The van der Waals surface area contributed by atoms with Gasteiger partial charge in [0, 0.05) is 31.0 Å². The van der Waals surface area contributed by atoms with Crippen LogP contribution in [0.25, 0.3) is 10.8 Å². The number of rotatable bonds is 8. The second kappa shape index (κ2) is 8.99. The minimum atomic E-state index is -0.420. The Bertz CT molecular complexity index is 964. The lowest BCUT2D eigenvalue weighted by molar-refractivity contribution is -0.384. The van der Waals surface area contributed by atoms with E-state index in [-0.39, 0.29) is 11.6 Å². The number of carbonyl (C=O) groups is 1. The largest absolute Gasteiger partial charge is 0.491 e. The minimum absolute atomic E-state index is 0.0246. The highest BCUT2D eigenvalue weighted by Crippen LogP contribution is 2.25. The summed E-state index contributed by atoms with van der Waals surface area (Å²) in [5.41, 5.74) is 1.02. The van der Waals surface area contributed by atoms with Gasteiger partial charge in [-0.05, 0) is 23.4 Å². The molecule has 0 radical (unpaired) electrons. The van der Waals surface area contributed by atoms with E-state index in [2.05, 4.69) is 0 Å². The van der Waals surface area contributed by atoms with Crippen LogP contribution in [-0.4, -0.2) is 35.4 Å². The smallest absolute Gasteiger partial charge is 0.269 e. The van der Waals surface area contributed by atoms with Crippen LogP contribution in [-0.2, 0) is 11.2 Å². The molecule has 0 unspecified atom stereocenters. The Labute approximate surface area is 163 Å². The fourth-order valence-corrected chi connectivity index (χ4v) is 3.06. The fraction of sp³-hybridized carbons (Fsp3) is 0.227. The zero-order chi connectivity index (χ0) is 19.9. The van der Waals surface area contributed by atoms with Gasteiger partial charge < -0.3 is 9.64 Å². The average Bonchev–Trinajstić information content (AvgIpc) is 2.70. The Morgan fingerprint density at radius 1 is 1.00 bits per heavy atom. The van der Waals surface area contributed by atoms with E-state index in [9.17, 15) is 14.9 Å². The van der Waals surface area contributed by atoms with E-state index in [4.69, 9.17) is 4.74 Å². The van der Waals surface area contributed by atoms with Crippen molar-refractivity contribution in [2.24, 2.45) is 0 Å². The van der Waals surface area contributed by atoms with Crippen LogP contribution in [0.5, 0.6) is 5.75 Å². The molecule has 144 valence electrons. The van der Waals surface area contributed by atoms with Gasteiger partial charge in [-0.15, -0.1) is 0 Å². The molecule has 0 saturated heterocycles. The van der Waals surface area contributed by atoms with Gasteiger partial charge in [0.15, 0.2) is 0 Å². The van der Waals surface area contributed by atoms with E-state index in [1.165, 1.54) is 19.1 Å². The molecular formula is C22H22N2O4. The normalized spacial score (nSPS) is 10.6. The molecule has 3 rings (SSSR count). The van der Waals surface area contributed by atoms with Crippen molar-refractivity contribution >= 4 is 22.4 Å². The van der Waals surface area contributed by atoms with Crippen LogP contribution in [0.15, 0.2) is 66.7 Å². The first-order valence-electron chi connectivity index (χ1n) is 9.14. The molecular weight excluding hydrogens is 356 g/mol. The number of carbonyl (C=O) groups excluding carboxylic acids is 1. The lowest BCUT2D eigenvalue weighted by Crippen LogP contribution is -2.34. The van der Waals surface area contributed by atoms with Gasteiger partial charge in [0.05, 0.1) is 11.5 Å². The molecule has 0 spiro atoms. The van der Waals surface area contributed by atoms with Crippen molar-refractivity contribution in [2.45, 2.75) is 13.3 Å². The molecule has 3 aromatic rings. The first-order valence-corrected chi connectivity index (χ1v) is 9.14. The van der Waals surface area contributed by atoms with Crippen LogP contribution in [0.3, 0.4) is 0 Å². The molecule has 1 amide bonds. The van der Waals surface area contributed by atoms with Crippen molar-refractivity contribution in [3.63, 3.8) is 0 Å². The maximum absolute atomic E-state index is 11.9. The lowest BCUT2D eigenvalue weighted by Gasteiger charge is -2.21. The monoisotopic (exact) mass is 378 g/mol. The summed E-state index contributed by atoms with van der Waals surface area (Å²) in [6, 6.07) is 20.3. The number of hydrogen-bond donors (Lipinski definition) is 0. The zero-order valence-corrected chi connectivity index (χ0v) is 15.7. The Hall–Kier alpha value is -3.41. The molecule has 0 fully saturated rings. The summed E-state index contributed by atoms with van der Waals surface area (Å²) in [6.45, 7) is 2.94. The van der Waals surface area contributed by atoms with Crippen LogP contribution >= 0.6 is 0 Å². The van der Waals surface area contributed by atoms with Crippen molar-refractivity contribution < 1.29 is 14.5 Å². The maximum atomic E-state index is 11.9. The zero-order valence-electron chi connectivity index (χ0n) is 15.7. The Balaban J connectivity index is 1.56. The number of nitrogens with zero attached hydrogens (tertiary/aromatic N) is 2. The third-order valence-corrected chi connectivity index (χ3v) is 4.63. The average molecular weight is 378 g/mol. The van der Waals surface area contributed by atoms with Gasteiger partial charge in [-0.2, -0.15) is 0 Å². The van der Waals surface area contributed by atoms with Gasteiger partial charge in [0.2, 0.25) is 5.91 Å². The fourth-order valence-electron chi connectivity index (χ4n) is 3.06. The highest BCUT2D eigenvalue weighted by molar-refractivity contribution is 5.88. The van der Waals surface area contributed by atoms with E-state index < -0.39 is 4.92 Å². The quantitative estimate of drug-likeness (QED) is 0.435. The van der Waals surface area contributed by atoms with E-state index >= 15 is 0 Å². The second-order valence-electron chi connectivity index (χ2n) is 6.51. The van der Waals surface area contributed by atoms with Gasteiger partial charge in [0.25, 0.3) is 5.69 Å². The van der Waals surface area contributed by atoms with Crippen LogP contribution < -0.4 is 4.74 Å². The maximum Gasteiger partial charge on any atom is 0.269 e. The van der Waals surface area contributed by atoms with Gasteiger partial charge in [0.1, 0.15) is 12.4 Å². The molecule has 0 atom stereocenters. The number of amides is 1. The Kier molecular flexibility index (Phi) is 6.22. The number of nitro benzene ring substituents is 1. The topological polar surface area (TPSA) is 72.7 Å². The van der Waals surface area contributed by atoms with Crippen molar-refractivity contribution in [1.82, 2.24) is 4.90 Å². The first kappa shape index (κ1) is 19.4. The third-order valence-electron chi connectivity index (χ3n) is 4.63. The van der Waals surface area contributed by atoms with Gasteiger partial charge in [-0.3, -0.25) is 14.9 Å². The third kappa shape index (κ3) is 4.85. The molecule has 0 N–H and O–H groups in total. The molecule has 6 heteroatoms.